The lowest BCUT2D eigenvalue weighted by Crippen LogP contribution is -2.16. The lowest BCUT2D eigenvalue weighted by Gasteiger charge is -2.28. The maximum absolute atomic E-state index is 11.8. The van der Waals surface area contributed by atoms with Crippen molar-refractivity contribution in [3.63, 3.8) is 0 Å². The van der Waals surface area contributed by atoms with Crippen molar-refractivity contribution in [2.45, 2.75) is 25.2 Å². The van der Waals surface area contributed by atoms with Gasteiger partial charge >= 0.3 is 5.97 Å². The molecule has 0 spiro atoms. The van der Waals surface area contributed by atoms with Crippen LogP contribution in [0.4, 0.5) is 0 Å². The topological polar surface area (TPSA) is 88.1 Å². The van der Waals surface area contributed by atoms with E-state index in [0.29, 0.717) is 5.02 Å². The van der Waals surface area contributed by atoms with E-state index < -0.39 is 5.97 Å². The van der Waals surface area contributed by atoms with Crippen molar-refractivity contribution in [1.82, 2.24) is 15.2 Å². The van der Waals surface area contributed by atoms with Crippen molar-refractivity contribution in [2.24, 2.45) is 0 Å². The number of hydrogen-bond donors (Lipinski definition) is 2. The SMILES string of the molecule is O=C(O)c1cc2c(c(Cl)c1OCCCl)CCCC2c1cnc2[nH]ncc2c1. The molecular formula is C19H17Cl2N3O3. The van der Waals surface area contributed by atoms with Gasteiger partial charge in [-0.25, -0.2) is 9.78 Å². The summed E-state index contributed by atoms with van der Waals surface area (Å²) in [7, 11) is 0. The Kier molecular flexibility index (Phi) is 4.93. The molecule has 8 heteroatoms. The maximum atomic E-state index is 11.8. The number of carboxylic acids is 1. The standard InChI is InChI=1S/C19H17Cl2N3O3/c20-4-5-27-17-15(19(25)26)7-14-12(2-1-3-13(14)16(17)21)10-6-11-9-23-24-18(11)22-8-10/h6-9,12H,1-5H2,(H,25,26)(H,22,23,24). The van der Waals surface area contributed by atoms with E-state index in [-0.39, 0.29) is 29.7 Å². The molecule has 2 heterocycles. The lowest BCUT2D eigenvalue weighted by atomic mass is 9.78. The summed E-state index contributed by atoms with van der Waals surface area (Å²) in [5.74, 6) is -0.589. The van der Waals surface area contributed by atoms with E-state index >= 15 is 0 Å². The first kappa shape index (κ1) is 18.1. The van der Waals surface area contributed by atoms with Crippen LogP contribution in [-0.2, 0) is 6.42 Å². The molecule has 1 atom stereocenters. The largest absolute Gasteiger partial charge is 0.490 e. The summed E-state index contributed by atoms with van der Waals surface area (Å²) in [5.41, 5.74) is 3.67. The number of aromatic amines is 1. The van der Waals surface area contributed by atoms with Gasteiger partial charge in [0.15, 0.2) is 11.4 Å². The lowest BCUT2D eigenvalue weighted by molar-refractivity contribution is 0.0692. The fourth-order valence-electron chi connectivity index (χ4n) is 3.72. The number of rotatable bonds is 5. The monoisotopic (exact) mass is 405 g/mol. The maximum Gasteiger partial charge on any atom is 0.339 e. The highest BCUT2D eigenvalue weighted by Crippen LogP contribution is 2.44. The van der Waals surface area contributed by atoms with Crippen LogP contribution in [0, 0.1) is 0 Å². The number of aromatic nitrogens is 3. The smallest absolute Gasteiger partial charge is 0.339 e. The van der Waals surface area contributed by atoms with Gasteiger partial charge in [-0.2, -0.15) is 5.10 Å². The van der Waals surface area contributed by atoms with Gasteiger partial charge in [0.2, 0.25) is 0 Å². The molecular weight excluding hydrogens is 389 g/mol. The van der Waals surface area contributed by atoms with Crippen molar-refractivity contribution >= 4 is 40.2 Å². The second kappa shape index (κ2) is 7.37. The minimum atomic E-state index is -1.07. The molecule has 0 bridgehead atoms. The number of halogens is 2. The van der Waals surface area contributed by atoms with Crippen LogP contribution in [0.15, 0.2) is 24.5 Å². The molecule has 1 unspecified atom stereocenters. The van der Waals surface area contributed by atoms with Gasteiger partial charge in [-0.05, 0) is 48.1 Å². The van der Waals surface area contributed by atoms with E-state index in [1.165, 1.54) is 0 Å². The Morgan fingerprint density at radius 3 is 3.00 bits per heavy atom. The molecule has 140 valence electrons. The molecule has 2 aromatic heterocycles. The van der Waals surface area contributed by atoms with Crippen LogP contribution in [0.3, 0.4) is 0 Å². The second-order valence-corrected chi connectivity index (χ2v) is 7.25. The number of hydrogen-bond acceptors (Lipinski definition) is 4. The van der Waals surface area contributed by atoms with Crippen molar-refractivity contribution < 1.29 is 14.6 Å². The van der Waals surface area contributed by atoms with E-state index in [2.05, 4.69) is 15.2 Å². The first-order valence-corrected chi connectivity index (χ1v) is 9.57. The van der Waals surface area contributed by atoms with E-state index in [1.54, 1.807) is 12.3 Å². The summed E-state index contributed by atoms with van der Waals surface area (Å²) < 4.78 is 5.56. The van der Waals surface area contributed by atoms with Crippen LogP contribution in [0.25, 0.3) is 11.0 Å². The van der Waals surface area contributed by atoms with Crippen LogP contribution in [0.1, 0.15) is 45.8 Å². The number of pyridine rings is 1. The molecule has 3 aromatic rings. The highest BCUT2D eigenvalue weighted by molar-refractivity contribution is 6.33. The number of fused-ring (bicyclic) bond motifs is 2. The van der Waals surface area contributed by atoms with Crippen LogP contribution < -0.4 is 4.74 Å². The molecule has 0 saturated heterocycles. The minimum absolute atomic E-state index is 0.0261. The van der Waals surface area contributed by atoms with Gasteiger partial charge < -0.3 is 9.84 Å². The zero-order chi connectivity index (χ0) is 19.0. The average molecular weight is 406 g/mol. The van der Waals surface area contributed by atoms with Crippen LogP contribution >= 0.6 is 23.2 Å². The second-order valence-electron chi connectivity index (χ2n) is 6.50. The molecule has 0 amide bonds. The first-order chi connectivity index (χ1) is 13.1. The van der Waals surface area contributed by atoms with Crippen LogP contribution in [0.2, 0.25) is 5.02 Å². The molecule has 2 N–H and O–H groups in total. The predicted octanol–water partition coefficient (Wildman–Crippen LogP) is 4.40. The zero-order valence-corrected chi connectivity index (χ0v) is 15.8. The molecule has 0 radical (unpaired) electrons. The van der Waals surface area contributed by atoms with Crippen LogP contribution in [-0.4, -0.2) is 38.7 Å². The third-order valence-electron chi connectivity index (χ3n) is 4.92. The molecule has 27 heavy (non-hydrogen) atoms. The van der Waals surface area contributed by atoms with Gasteiger partial charge in [0.1, 0.15) is 12.2 Å². The Morgan fingerprint density at radius 1 is 1.37 bits per heavy atom. The third kappa shape index (κ3) is 3.24. The van der Waals surface area contributed by atoms with Crippen molar-refractivity contribution in [1.29, 1.82) is 0 Å². The van der Waals surface area contributed by atoms with Gasteiger partial charge in [-0.1, -0.05) is 11.6 Å². The Bertz CT molecular complexity index is 1020. The molecule has 6 nitrogen and oxygen atoms in total. The molecule has 1 aliphatic carbocycles. The number of benzene rings is 1. The summed E-state index contributed by atoms with van der Waals surface area (Å²) >= 11 is 12.3. The molecule has 0 fully saturated rings. The number of aromatic carboxylic acids is 1. The summed E-state index contributed by atoms with van der Waals surface area (Å²) in [6.45, 7) is 0.199. The fraction of sp³-hybridized carbons (Fsp3) is 0.316. The number of H-pyrrole nitrogens is 1. The average Bonchev–Trinajstić information content (AvgIpc) is 3.14. The Labute approximate surface area is 165 Å². The number of ether oxygens (including phenoxy) is 1. The van der Waals surface area contributed by atoms with E-state index in [4.69, 9.17) is 27.9 Å². The Morgan fingerprint density at radius 2 is 2.22 bits per heavy atom. The molecule has 1 aliphatic rings. The summed E-state index contributed by atoms with van der Waals surface area (Å²) in [4.78, 5) is 16.2. The van der Waals surface area contributed by atoms with Crippen LogP contribution in [0.5, 0.6) is 5.75 Å². The summed E-state index contributed by atoms with van der Waals surface area (Å²) in [5, 5.41) is 17.8. The van der Waals surface area contributed by atoms with Gasteiger partial charge in [0.05, 0.1) is 17.1 Å². The predicted molar refractivity (Wildman–Crippen MR) is 103 cm³/mol. The first-order valence-electron chi connectivity index (χ1n) is 8.66. The van der Waals surface area contributed by atoms with E-state index in [9.17, 15) is 9.90 Å². The molecule has 4 rings (SSSR count). The third-order valence-corrected chi connectivity index (χ3v) is 5.48. The van der Waals surface area contributed by atoms with E-state index in [0.717, 1.165) is 47.0 Å². The van der Waals surface area contributed by atoms with Crippen molar-refractivity contribution in [2.75, 3.05) is 12.5 Å². The molecule has 0 aliphatic heterocycles. The number of carbonyl (C=O) groups is 1. The van der Waals surface area contributed by atoms with Gasteiger partial charge in [0, 0.05) is 17.5 Å². The van der Waals surface area contributed by atoms with Crippen molar-refractivity contribution in [3.05, 3.63) is 51.8 Å². The highest BCUT2D eigenvalue weighted by atomic mass is 35.5. The van der Waals surface area contributed by atoms with E-state index in [1.807, 2.05) is 12.3 Å². The van der Waals surface area contributed by atoms with Gasteiger partial charge in [0.25, 0.3) is 0 Å². The Hall–Kier alpha value is -2.31. The van der Waals surface area contributed by atoms with Crippen molar-refractivity contribution in [3.8, 4) is 5.75 Å². The number of alkyl halides is 1. The molecule has 0 saturated carbocycles. The van der Waals surface area contributed by atoms with Gasteiger partial charge in [-0.3, -0.25) is 5.10 Å². The minimum Gasteiger partial charge on any atom is -0.490 e. The Balaban J connectivity index is 1.84. The summed E-state index contributed by atoms with van der Waals surface area (Å²) in [6.07, 6.45) is 6.17. The number of nitrogens with one attached hydrogen (secondary N) is 1. The fourth-order valence-corrected chi connectivity index (χ4v) is 4.16. The number of carboxylic acid groups (broad SMARTS) is 1. The number of nitrogens with zero attached hydrogens (tertiary/aromatic N) is 2. The normalized spacial score (nSPS) is 16.3. The van der Waals surface area contributed by atoms with Gasteiger partial charge in [-0.15, -0.1) is 11.6 Å². The highest BCUT2D eigenvalue weighted by Gasteiger charge is 2.29. The summed E-state index contributed by atoms with van der Waals surface area (Å²) in [6, 6.07) is 3.73. The molecule has 1 aromatic carbocycles. The zero-order valence-electron chi connectivity index (χ0n) is 14.3. The quantitative estimate of drug-likeness (QED) is 0.614.